The van der Waals surface area contributed by atoms with Gasteiger partial charge in [-0.1, -0.05) is 60.7 Å². The number of para-hydroxylation sites is 1. The molecule has 2 aromatic rings. The second-order valence-electron chi connectivity index (χ2n) is 4.20. The first-order valence-corrected chi connectivity index (χ1v) is 5.77. The van der Waals surface area contributed by atoms with E-state index in [1.54, 1.807) is 0 Å². The largest absolute Gasteiger partial charge is 0.377 e. The van der Waals surface area contributed by atoms with Gasteiger partial charge < -0.3 is 4.90 Å². The van der Waals surface area contributed by atoms with Crippen molar-refractivity contribution in [2.24, 2.45) is 0 Å². The van der Waals surface area contributed by atoms with Crippen LogP contribution in [-0.2, 0) is 0 Å². The number of nitrogens with zero attached hydrogens (tertiary/aromatic N) is 1. The minimum atomic E-state index is 0. The van der Waals surface area contributed by atoms with Gasteiger partial charge in [-0.25, -0.2) is 0 Å². The van der Waals surface area contributed by atoms with E-state index < -0.39 is 0 Å². The number of benzene rings is 2. The third kappa shape index (κ3) is 3.91. The quantitative estimate of drug-likeness (QED) is 0.609. The third-order valence-electron chi connectivity index (χ3n) is 2.67. The minimum Gasteiger partial charge on any atom is -0.377 e. The summed E-state index contributed by atoms with van der Waals surface area (Å²) in [5, 5.41) is 0. The van der Waals surface area contributed by atoms with E-state index in [9.17, 15) is 0 Å². The van der Waals surface area contributed by atoms with Crippen LogP contribution in [0.2, 0.25) is 0 Å². The number of hydrogen-bond donors (Lipinski definition) is 0. The summed E-state index contributed by atoms with van der Waals surface area (Å²) < 4.78 is 0. The van der Waals surface area contributed by atoms with Crippen LogP contribution in [0, 0.1) is 0 Å². The summed E-state index contributed by atoms with van der Waals surface area (Å²) in [5.74, 6) is 0. The number of anilines is 1. The van der Waals surface area contributed by atoms with Crippen molar-refractivity contribution in [2.75, 3.05) is 19.0 Å². The summed E-state index contributed by atoms with van der Waals surface area (Å²) >= 11 is 0. The van der Waals surface area contributed by atoms with Gasteiger partial charge in [0.15, 0.2) is 0 Å². The molecule has 4 radical (unpaired) electrons. The molecule has 0 atom stereocenters. The zero-order valence-corrected chi connectivity index (χ0v) is 13.7. The van der Waals surface area contributed by atoms with Crippen LogP contribution < -0.4 is 4.90 Å². The molecule has 0 spiro atoms. The molecule has 2 rings (SSSR count). The van der Waals surface area contributed by atoms with Gasteiger partial charge in [0.1, 0.15) is 0 Å². The molecule has 0 saturated carbocycles. The van der Waals surface area contributed by atoms with Crippen LogP contribution in [0.1, 0.15) is 11.1 Å². The monoisotopic (exact) mass is 343 g/mol. The molecule has 1 nitrogen and oxygen atoms in total. The van der Waals surface area contributed by atoms with Crippen molar-refractivity contribution in [1.29, 1.82) is 0 Å². The van der Waals surface area contributed by atoms with Crippen LogP contribution in [-0.4, -0.2) is 38.0 Å². The standard InChI is InChI=1S/C16H17N.Sn/c1-17(2)16-11-7-6-10-15(16)13-12-14-8-4-3-5-9-14;/h3-13H,1-2H3;. The SMILES string of the molecule is CN(C)c1ccccc1C=Cc1ccccc1.[Sn]. The average molecular weight is 342 g/mol. The van der Waals surface area contributed by atoms with Crippen LogP contribution in [0.15, 0.2) is 54.6 Å². The van der Waals surface area contributed by atoms with E-state index in [1.807, 2.05) is 6.07 Å². The Bertz CT molecular complexity index is 504. The van der Waals surface area contributed by atoms with Crippen molar-refractivity contribution in [3.63, 3.8) is 0 Å². The Hall–Kier alpha value is -1.22. The number of rotatable bonds is 3. The normalized spacial score (nSPS) is 10.1. The Morgan fingerprint density at radius 3 is 2.06 bits per heavy atom. The van der Waals surface area contributed by atoms with Crippen molar-refractivity contribution in [1.82, 2.24) is 0 Å². The van der Waals surface area contributed by atoms with Crippen LogP contribution in [0.5, 0.6) is 0 Å². The Kier molecular flexibility index (Phi) is 5.99. The smallest absolute Gasteiger partial charge is 0.0434 e. The van der Waals surface area contributed by atoms with Crippen molar-refractivity contribution < 1.29 is 0 Å². The van der Waals surface area contributed by atoms with Crippen molar-refractivity contribution in [3.8, 4) is 0 Å². The maximum atomic E-state index is 2.16. The van der Waals surface area contributed by atoms with Crippen molar-refractivity contribution in [3.05, 3.63) is 65.7 Å². The second kappa shape index (κ2) is 7.27. The molecule has 2 heteroatoms. The molecule has 0 N–H and O–H groups in total. The van der Waals surface area contributed by atoms with Crippen molar-refractivity contribution >= 4 is 41.7 Å². The molecule has 0 heterocycles. The predicted octanol–water partition coefficient (Wildman–Crippen LogP) is 3.54. The summed E-state index contributed by atoms with van der Waals surface area (Å²) in [6.45, 7) is 0. The van der Waals surface area contributed by atoms with Gasteiger partial charge in [-0.3, -0.25) is 0 Å². The molecule has 0 saturated heterocycles. The van der Waals surface area contributed by atoms with E-state index in [4.69, 9.17) is 0 Å². The molecule has 0 fully saturated rings. The topological polar surface area (TPSA) is 3.24 Å². The first kappa shape index (κ1) is 14.8. The molecule has 0 amide bonds. The Morgan fingerprint density at radius 2 is 1.39 bits per heavy atom. The van der Waals surface area contributed by atoms with Gasteiger partial charge in [0, 0.05) is 43.7 Å². The fourth-order valence-electron chi connectivity index (χ4n) is 1.79. The van der Waals surface area contributed by atoms with E-state index in [1.165, 1.54) is 16.8 Å². The van der Waals surface area contributed by atoms with Gasteiger partial charge in [0.05, 0.1) is 0 Å². The molecule has 0 bridgehead atoms. The Balaban J connectivity index is 0.00000162. The van der Waals surface area contributed by atoms with E-state index in [-0.39, 0.29) is 23.9 Å². The van der Waals surface area contributed by atoms with Gasteiger partial charge in [0.2, 0.25) is 0 Å². The molecule has 90 valence electrons. The van der Waals surface area contributed by atoms with E-state index in [0.717, 1.165) is 0 Å². The molecule has 0 unspecified atom stereocenters. The Labute approximate surface area is 126 Å². The van der Waals surface area contributed by atoms with Gasteiger partial charge >= 0.3 is 0 Å². The zero-order chi connectivity index (χ0) is 12.1. The summed E-state index contributed by atoms with van der Waals surface area (Å²) in [5.41, 5.74) is 3.70. The summed E-state index contributed by atoms with van der Waals surface area (Å²) in [6.07, 6.45) is 4.30. The summed E-state index contributed by atoms with van der Waals surface area (Å²) in [4.78, 5) is 2.13. The number of hydrogen-bond acceptors (Lipinski definition) is 1. The van der Waals surface area contributed by atoms with Gasteiger partial charge in [-0.2, -0.15) is 0 Å². The predicted molar refractivity (Wildman–Crippen MR) is 81.9 cm³/mol. The van der Waals surface area contributed by atoms with E-state index >= 15 is 0 Å². The fraction of sp³-hybridized carbons (Fsp3) is 0.125. The van der Waals surface area contributed by atoms with Crippen LogP contribution >= 0.6 is 0 Å². The molecule has 2 aromatic carbocycles. The summed E-state index contributed by atoms with van der Waals surface area (Å²) in [6, 6.07) is 18.7. The zero-order valence-electron chi connectivity index (χ0n) is 10.8. The molecule has 0 aromatic heterocycles. The third-order valence-corrected chi connectivity index (χ3v) is 2.67. The van der Waals surface area contributed by atoms with Gasteiger partial charge in [-0.05, 0) is 17.2 Å². The van der Waals surface area contributed by atoms with E-state index in [0.29, 0.717) is 0 Å². The van der Waals surface area contributed by atoms with Crippen molar-refractivity contribution in [2.45, 2.75) is 0 Å². The first-order chi connectivity index (χ1) is 8.27. The minimum absolute atomic E-state index is 0. The van der Waals surface area contributed by atoms with Gasteiger partial charge in [-0.15, -0.1) is 0 Å². The second-order valence-corrected chi connectivity index (χ2v) is 4.20. The molecular formula is C16H17NSn. The van der Waals surface area contributed by atoms with E-state index in [2.05, 4.69) is 79.7 Å². The molecule has 0 aliphatic rings. The first-order valence-electron chi connectivity index (χ1n) is 5.77. The van der Waals surface area contributed by atoms with Crippen LogP contribution in [0.3, 0.4) is 0 Å². The van der Waals surface area contributed by atoms with Gasteiger partial charge in [0.25, 0.3) is 0 Å². The fourth-order valence-corrected chi connectivity index (χ4v) is 1.79. The molecule has 18 heavy (non-hydrogen) atoms. The molecular weight excluding hydrogens is 325 g/mol. The van der Waals surface area contributed by atoms with Crippen LogP contribution in [0.4, 0.5) is 5.69 Å². The Morgan fingerprint density at radius 1 is 0.778 bits per heavy atom. The average Bonchev–Trinajstić information content (AvgIpc) is 2.38. The molecule has 0 aliphatic heterocycles. The summed E-state index contributed by atoms with van der Waals surface area (Å²) in [7, 11) is 4.13. The maximum absolute atomic E-state index is 2.16. The van der Waals surface area contributed by atoms with Crippen LogP contribution in [0.25, 0.3) is 12.2 Å². The maximum Gasteiger partial charge on any atom is 0.0434 e. The molecule has 0 aliphatic carbocycles.